The SMILES string of the molecule is CNC1CCNCC(O)C1. The van der Waals surface area contributed by atoms with E-state index in [-0.39, 0.29) is 6.10 Å². The van der Waals surface area contributed by atoms with Gasteiger partial charge in [0.1, 0.15) is 0 Å². The van der Waals surface area contributed by atoms with Crippen LogP contribution in [0.5, 0.6) is 0 Å². The Morgan fingerprint density at radius 1 is 1.60 bits per heavy atom. The number of nitrogens with one attached hydrogen (secondary N) is 2. The molecule has 3 N–H and O–H groups in total. The quantitative estimate of drug-likeness (QED) is 0.457. The van der Waals surface area contributed by atoms with Crippen molar-refractivity contribution in [1.82, 2.24) is 10.6 Å². The van der Waals surface area contributed by atoms with Gasteiger partial charge in [-0.3, -0.25) is 0 Å². The molecule has 3 heteroatoms. The molecule has 0 bridgehead atoms. The van der Waals surface area contributed by atoms with Crippen molar-refractivity contribution in [2.24, 2.45) is 0 Å². The molecular formula is C7H16N2O. The summed E-state index contributed by atoms with van der Waals surface area (Å²) in [6, 6.07) is 0.491. The zero-order chi connectivity index (χ0) is 7.40. The first-order valence-corrected chi connectivity index (χ1v) is 3.89. The van der Waals surface area contributed by atoms with Gasteiger partial charge in [-0.15, -0.1) is 0 Å². The first-order valence-electron chi connectivity index (χ1n) is 3.89. The lowest BCUT2D eigenvalue weighted by Crippen LogP contribution is -2.29. The molecule has 0 aliphatic carbocycles. The van der Waals surface area contributed by atoms with E-state index in [1.807, 2.05) is 7.05 Å². The van der Waals surface area contributed by atoms with Crippen LogP contribution in [-0.2, 0) is 0 Å². The third-order valence-electron chi connectivity index (χ3n) is 2.01. The molecule has 10 heavy (non-hydrogen) atoms. The maximum absolute atomic E-state index is 9.29. The molecule has 1 aliphatic rings. The number of hydrogen-bond acceptors (Lipinski definition) is 3. The summed E-state index contributed by atoms with van der Waals surface area (Å²) in [6.45, 7) is 1.76. The van der Waals surface area contributed by atoms with Gasteiger partial charge in [0.25, 0.3) is 0 Å². The highest BCUT2D eigenvalue weighted by atomic mass is 16.3. The summed E-state index contributed by atoms with van der Waals surface area (Å²) >= 11 is 0. The molecule has 2 unspecified atom stereocenters. The zero-order valence-corrected chi connectivity index (χ0v) is 6.43. The second-order valence-electron chi connectivity index (χ2n) is 2.87. The van der Waals surface area contributed by atoms with Crippen LogP contribution in [0.2, 0.25) is 0 Å². The number of aliphatic hydroxyl groups is 1. The highest BCUT2D eigenvalue weighted by Gasteiger charge is 2.15. The Hall–Kier alpha value is -0.120. The molecule has 3 nitrogen and oxygen atoms in total. The van der Waals surface area contributed by atoms with Crippen LogP contribution in [0, 0.1) is 0 Å². The van der Waals surface area contributed by atoms with E-state index in [2.05, 4.69) is 10.6 Å². The van der Waals surface area contributed by atoms with Crippen molar-refractivity contribution >= 4 is 0 Å². The number of hydrogen-bond donors (Lipinski definition) is 3. The lowest BCUT2D eigenvalue weighted by Gasteiger charge is -2.13. The van der Waals surface area contributed by atoms with Crippen LogP contribution < -0.4 is 10.6 Å². The molecular weight excluding hydrogens is 128 g/mol. The van der Waals surface area contributed by atoms with E-state index in [1.165, 1.54) is 0 Å². The molecule has 1 rings (SSSR count). The van der Waals surface area contributed by atoms with E-state index in [9.17, 15) is 5.11 Å². The molecule has 1 heterocycles. The second kappa shape index (κ2) is 3.91. The molecule has 0 saturated carbocycles. The second-order valence-corrected chi connectivity index (χ2v) is 2.87. The molecule has 0 amide bonds. The van der Waals surface area contributed by atoms with E-state index >= 15 is 0 Å². The summed E-state index contributed by atoms with van der Waals surface area (Å²) in [6.07, 6.45) is 1.83. The van der Waals surface area contributed by atoms with Gasteiger partial charge in [-0.05, 0) is 26.4 Å². The lowest BCUT2D eigenvalue weighted by atomic mass is 10.1. The Balaban J connectivity index is 2.30. The van der Waals surface area contributed by atoms with Gasteiger partial charge in [0.05, 0.1) is 6.10 Å². The summed E-state index contributed by atoms with van der Waals surface area (Å²) in [5.74, 6) is 0. The Bertz CT molecular complexity index is 97.6. The highest BCUT2D eigenvalue weighted by molar-refractivity contribution is 4.76. The minimum Gasteiger partial charge on any atom is -0.392 e. The molecule has 0 aromatic rings. The zero-order valence-electron chi connectivity index (χ0n) is 6.43. The summed E-state index contributed by atoms with van der Waals surface area (Å²) in [5.41, 5.74) is 0. The molecule has 60 valence electrons. The van der Waals surface area contributed by atoms with Crippen molar-refractivity contribution in [3.8, 4) is 0 Å². The van der Waals surface area contributed by atoms with Gasteiger partial charge in [0.2, 0.25) is 0 Å². The first kappa shape index (κ1) is 7.98. The van der Waals surface area contributed by atoms with Crippen molar-refractivity contribution in [2.45, 2.75) is 25.0 Å². The van der Waals surface area contributed by atoms with Crippen LogP contribution in [0.1, 0.15) is 12.8 Å². The highest BCUT2D eigenvalue weighted by Crippen LogP contribution is 2.04. The molecule has 1 fully saturated rings. The van der Waals surface area contributed by atoms with Gasteiger partial charge in [-0.2, -0.15) is 0 Å². The predicted molar refractivity (Wildman–Crippen MR) is 41.0 cm³/mol. The Morgan fingerprint density at radius 2 is 2.40 bits per heavy atom. The van der Waals surface area contributed by atoms with Gasteiger partial charge in [0, 0.05) is 12.6 Å². The number of β-amino-alcohol motifs (C(OH)–C–C–N with tert-alkyl or cyclic N) is 1. The minimum absolute atomic E-state index is 0.167. The first-order chi connectivity index (χ1) is 4.83. The number of rotatable bonds is 1. The Morgan fingerprint density at radius 3 is 3.10 bits per heavy atom. The van der Waals surface area contributed by atoms with E-state index in [0.29, 0.717) is 6.04 Å². The molecule has 0 spiro atoms. The van der Waals surface area contributed by atoms with Crippen molar-refractivity contribution in [3.05, 3.63) is 0 Å². The smallest absolute Gasteiger partial charge is 0.0679 e. The van der Waals surface area contributed by atoms with Crippen LogP contribution in [0.3, 0.4) is 0 Å². The van der Waals surface area contributed by atoms with Crippen LogP contribution in [0.25, 0.3) is 0 Å². The maximum atomic E-state index is 9.29. The average molecular weight is 144 g/mol. The normalized spacial score (nSPS) is 35.4. The standard InChI is InChI=1S/C7H16N2O/c1-8-6-2-3-9-5-7(10)4-6/h6-10H,2-5H2,1H3. The third kappa shape index (κ3) is 2.25. The topological polar surface area (TPSA) is 44.3 Å². The monoisotopic (exact) mass is 144 g/mol. The van der Waals surface area contributed by atoms with Crippen LogP contribution >= 0.6 is 0 Å². The van der Waals surface area contributed by atoms with Crippen molar-refractivity contribution in [3.63, 3.8) is 0 Å². The fourth-order valence-corrected chi connectivity index (χ4v) is 1.34. The predicted octanol–water partition coefficient (Wildman–Crippen LogP) is -0.681. The third-order valence-corrected chi connectivity index (χ3v) is 2.01. The lowest BCUT2D eigenvalue weighted by molar-refractivity contribution is 0.159. The Kier molecular flexibility index (Phi) is 3.12. The van der Waals surface area contributed by atoms with Crippen LogP contribution in [0.4, 0.5) is 0 Å². The summed E-state index contributed by atoms with van der Waals surface area (Å²) in [7, 11) is 1.95. The molecule has 1 saturated heterocycles. The van der Waals surface area contributed by atoms with E-state index in [1.54, 1.807) is 0 Å². The molecule has 0 aromatic heterocycles. The van der Waals surface area contributed by atoms with Gasteiger partial charge in [-0.1, -0.05) is 0 Å². The van der Waals surface area contributed by atoms with Gasteiger partial charge in [0.15, 0.2) is 0 Å². The fourth-order valence-electron chi connectivity index (χ4n) is 1.34. The summed E-state index contributed by atoms with van der Waals surface area (Å²) in [4.78, 5) is 0. The van der Waals surface area contributed by atoms with Gasteiger partial charge >= 0.3 is 0 Å². The average Bonchev–Trinajstić information content (AvgIpc) is 2.13. The van der Waals surface area contributed by atoms with Crippen LogP contribution in [0.15, 0.2) is 0 Å². The van der Waals surface area contributed by atoms with Crippen LogP contribution in [-0.4, -0.2) is 37.4 Å². The summed E-state index contributed by atoms with van der Waals surface area (Å²) in [5, 5.41) is 15.6. The van der Waals surface area contributed by atoms with E-state index < -0.39 is 0 Å². The van der Waals surface area contributed by atoms with Crippen molar-refractivity contribution in [1.29, 1.82) is 0 Å². The molecule has 0 radical (unpaired) electrons. The number of aliphatic hydroxyl groups excluding tert-OH is 1. The van der Waals surface area contributed by atoms with Gasteiger partial charge in [-0.25, -0.2) is 0 Å². The van der Waals surface area contributed by atoms with E-state index in [4.69, 9.17) is 0 Å². The fraction of sp³-hybridized carbons (Fsp3) is 1.00. The van der Waals surface area contributed by atoms with Gasteiger partial charge < -0.3 is 15.7 Å². The summed E-state index contributed by atoms with van der Waals surface area (Å²) < 4.78 is 0. The van der Waals surface area contributed by atoms with Crippen molar-refractivity contribution in [2.75, 3.05) is 20.1 Å². The Labute approximate surface area is 61.8 Å². The largest absolute Gasteiger partial charge is 0.392 e. The molecule has 0 aromatic carbocycles. The molecule has 1 aliphatic heterocycles. The minimum atomic E-state index is -0.167. The van der Waals surface area contributed by atoms with Crippen molar-refractivity contribution < 1.29 is 5.11 Å². The maximum Gasteiger partial charge on any atom is 0.0679 e. The van der Waals surface area contributed by atoms with E-state index in [0.717, 1.165) is 25.9 Å². The molecule has 2 atom stereocenters.